The van der Waals surface area contributed by atoms with Gasteiger partial charge >= 0.3 is 0 Å². The summed E-state index contributed by atoms with van der Waals surface area (Å²) < 4.78 is 39.0. The molecule has 0 spiro atoms. The number of nitrogens with two attached hydrogens (primary N) is 1. The molecule has 2 atom stereocenters. The van der Waals surface area contributed by atoms with E-state index in [1.165, 1.54) is 0 Å². The highest BCUT2D eigenvalue weighted by molar-refractivity contribution is 7.89. The van der Waals surface area contributed by atoms with Crippen LogP contribution in [-0.4, -0.2) is 66.1 Å². The zero-order valence-electron chi connectivity index (χ0n) is 15.6. The molecule has 1 unspecified atom stereocenters. The minimum atomic E-state index is -3.26. The monoisotopic (exact) mass is 407 g/mol. The summed E-state index contributed by atoms with van der Waals surface area (Å²) in [4.78, 5) is 4.47. The Hall–Kier alpha value is -2.01. The van der Waals surface area contributed by atoms with Gasteiger partial charge in [0.2, 0.25) is 10.0 Å². The van der Waals surface area contributed by atoms with Gasteiger partial charge in [0.25, 0.3) is 0 Å². The first-order chi connectivity index (χ1) is 13.6. The van der Waals surface area contributed by atoms with Crippen LogP contribution in [0.4, 0.5) is 0 Å². The first-order valence-corrected chi connectivity index (χ1v) is 11.1. The number of hydrogen-bond acceptors (Lipinski definition) is 7. The van der Waals surface area contributed by atoms with Crippen LogP contribution in [0.3, 0.4) is 0 Å². The van der Waals surface area contributed by atoms with Crippen LogP contribution in [0.2, 0.25) is 0 Å². The maximum absolute atomic E-state index is 12.2. The van der Waals surface area contributed by atoms with Crippen molar-refractivity contribution in [2.75, 3.05) is 38.6 Å². The zero-order chi connectivity index (χ0) is 19.6. The Labute approximate surface area is 164 Å². The molecule has 2 aromatic rings. The molecule has 2 aliphatic heterocycles. The fraction of sp³-hybridized carbons (Fsp3) is 0.556. The molecule has 0 aliphatic carbocycles. The van der Waals surface area contributed by atoms with Crippen LogP contribution in [0.15, 0.2) is 30.6 Å². The van der Waals surface area contributed by atoms with E-state index in [-0.39, 0.29) is 24.4 Å². The lowest BCUT2D eigenvalue weighted by Gasteiger charge is -2.31. The smallest absolute Gasteiger partial charge is 0.215 e. The van der Waals surface area contributed by atoms with E-state index in [9.17, 15) is 8.42 Å². The number of pyridine rings is 1. The predicted molar refractivity (Wildman–Crippen MR) is 103 cm³/mol. The van der Waals surface area contributed by atoms with Gasteiger partial charge in [-0.1, -0.05) is 0 Å². The van der Waals surface area contributed by atoms with Crippen LogP contribution < -0.4 is 10.5 Å². The lowest BCUT2D eigenvalue weighted by Crippen LogP contribution is -2.43. The summed E-state index contributed by atoms with van der Waals surface area (Å²) in [6, 6.07) is 5.67. The molecule has 4 heterocycles. The van der Waals surface area contributed by atoms with E-state index in [2.05, 4.69) is 10.1 Å². The third-order valence-electron chi connectivity index (χ3n) is 4.99. The normalized spacial score (nSPS) is 22.9. The number of sulfonamides is 1. The minimum absolute atomic E-state index is 0.00552. The Morgan fingerprint density at radius 3 is 2.89 bits per heavy atom. The summed E-state index contributed by atoms with van der Waals surface area (Å²) >= 11 is 0. The Balaban J connectivity index is 1.34. The maximum Gasteiger partial charge on any atom is 0.215 e. The third-order valence-corrected chi connectivity index (χ3v) is 6.86. The van der Waals surface area contributed by atoms with E-state index in [4.69, 9.17) is 15.2 Å². The van der Waals surface area contributed by atoms with E-state index >= 15 is 0 Å². The molecule has 0 radical (unpaired) electrons. The number of epoxide rings is 1. The van der Waals surface area contributed by atoms with Gasteiger partial charge < -0.3 is 15.2 Å². The van der Waals surface area contributed by atoms with Crippen molar-refractivity contribution in [2.45, 2.75) is 19.1 Å². The van der Waals surface area contributed by atoms with Crippen LogP contribution in [0, 0.1) is 5.92 Å². The second-order valence-electron chi connectivity index (χ2n) is 7.11. The van der Waals surface area contributed by atoms with Crippen molar-refractivity contribution in [3.63, 3.8) is 0 Å². The molecule has 4 rings (SSSR count). The summed E-state index contributed by atoms with van der Waals surface area (Å²) in [7, 11) is -3.26. The third kappa shape index (κ3) is 4.35. The van der Waals surface area contributed by atoms with Gasteiger partial charge in [0, 0.05) is 31.7 Å². The number of aromatic nitrogens is 3. The van der Waals surface area contributed by atoms with Crippen molar-refractivity contribution < 1.29 is 17.9 Å². The maximum atomic E-state index is 12.2. The number of piperidine rings is 1. The van der Waals surface area contributed by atoms with E-state index in [1.54, 1.807) is 16.7 Å². The van der Waals surface area contributed by atoms with Crippen molar-refractivity contribution in [1.29, 1.82) is 0 Å². The van der Waals surface area contributed by atoms with Crippen LogP contribution >= 0.6 is 0 Å². The summed E-state index contributed by atoms with van der Waals surface area (Å²) in [5.41, 5.74) is 7.12. The number of hydrogen-bond donors (Lipinski definition) is 1. The molecule has 0 aromatic carbocycles. The fourth-order valence-corrected chi connectivity index (χ4v) is 4.86. The van der Waals surface area contributed by atoms with Crippen LogP contribution in [-0.2, 0) is 14.8 Å². The molecule has 2 fully saturated rings. The molecular formula is C18H25N5O4S. The van der Waals surface area contributed by atoms with Crippen LogP contribution in [0.1, 0.15) is 19.1 Å². The average Bonchev–Trinajstić information content (AvgIpc) is 3.43. The molecule has 10 heteroatoms. The Kier molecular flexibility index (Phi) is 5.63. The van der Waals surface area contributed by atoms with Crippen molar-refractivity contribution in [1.82, 2.24) is 19.1 Å². The lowest BCUT2D eigenvalue weighted by atomic mass is 10.0. The first-order valence-electron chi connectivity index (χ1n) is 9.49. The first kappa shape index (κ1) is 19.3. The molecule has 2 aromatic heterocycles. The van der Waals surface area contributed by atoms with Gasteiger partial charge in [0.1, 0.15) is 5.75 Å². The van der Waals surface area contributed by atoms with Crippen molar-refractivity contribution in [3.8, 4) is 17.1 Å². The Morgan fingerprint density at radius 2 is 2.18 bits per heavy atom. The van der Waals surface area contributed by atoms with Crippen molar-refractivity contribution >= 4 is 10.0 Å². The van der Waals surface area contributed by atoms with Gasteiger partial charge in [-0.25, -0.2) is 17.4 Å². The summed E-state index contributed by atoms with van der Waals surface area (Å²) in [5, 5.41) is 4.27. The highest BCUT2D eigenvalue weighted by atomic mass is 32.2. The van der Waals surface area contributed by atoms with Gasteiger partial charge in [-0.3, -0.25) is 4.98 Å². The molecular weight excluding hydrogens is 382 g/mol. The summed E-state index contributed by atoms with van der Waals surface area (Å²) in [6.07, 6.45) is 5.21. The van der Waals surface area contributed by atoms with Crippen molar-refractivity contribution in [3.05, 3.63) is 30.6 Å². The van der Waals surface area contributed by atoms with Gasteiger partial charge in [0.15, 0.2) is 6.23 Å². The molecule has 2 aliphatic rings. The quantitative estimate of drug-likeness (QED) is 0.645. The van der Waals surface area contributed by atoms with E-state index in [0.717, 1.165) is 24.2 Å². The highest BCUT2D eigenvalue weighted by Gasteiger charge is 2.29. The molecule has 9 nitrogen and oxygen atoms in total. The van der Waals surface area contributed by atoms with Crippen molar-refractivity contribution in [2.24, 2.45) is 11.7 Å². The fourth-order valence-electron chi connectivity index (χ4n) is 3.46. The van der Waals surface area contributed by atoms with E-state index in [0.29, 0.717) is 32.1 Å². The van der Waals surface area contributed by atoms with Gasteiger partial charge in [-0.05, 0) is 31.0 Å². The molecule has 0 amide bonds. The standard InChI is InChI=1S/C18H25N5O4S/c19-6-9-28(24,25)22-8-1-2-14(11-22)12-26-15-3-4-16(20-10-15)17-5-7-21-23(17)18-13-27-18/h3-5,7,10,14,18H,1-2,6,8-9,11-13,19H2/t14-,18?/m1/s1. The van der Waals surface area contributed by atoms with Gasteiger partial charge in [0.05, 0.1) is 36.6 Å². The molecule has 28 heavy (non-hydrogen) atoms. The Morgan fingerprint density at radius 1 is 1.32 bits per heavy atom. The number of rotatable bonds is 8. The van der Waals surface area contributed by atoms with E-state index in [1.807, 2.05) is 22.9 Å². The minimum Gasteiger partial charge on any atom is -0.492 e. The van der Waals surface area contributed by atoms with Gasteiger partial charge in [-0.2, -0.15) is 5.10 Å². The average molecular weight is 407 g/mol. The zero-order valence-corrected chi connectivity index (χ0v) is 16.4. The SMILES string of the molecule is NCCS(=O)(=O)N1CCC[C@@H](COc2ccc(-c3ccnn3C3CO3)nc2)C1. The molecule has 152 valence electrons. The number of ether oxygens (including phenoxy) is 2. The molecule has 0 saturated carbocycles. The highest BCUT2D eigenvalue weighted by Crippen LogP contribution is 2.29. The lowest BCUT2D eigenvalue weighted by molar-refractivity contribution is 0.180. The summed E-state index contributed by atoms with van der Waals surface area (Å²) in [6.45, 7) is 2.32. The second kappa shape index (κ2) is 8.16. The molecule has 2 N–H and O–H groups in total. The predicted octanol–water partition coefficient (Wildman–Crippen LogP) is 0.853. The molecule has 2 saturated heterocycles. The topological polar surface area (TPSA) is 116 Å². The largest absolute Gasteiger partial charge is 0.492 e. The second-order valence-corrected chi connectivity index (χ2v) is 9.20. The van der Waals surface area contributed by atoms with Crippen LogP contribution in [0.25, 0.3) is 11.4 Å². The van der Waals surface area contributed by atoms with E-state index < -0.39 is 10.0 Å². The van der Waals surface area contributed by atoms with Crippen LogP contribution in [0.5, 0.6) is 5.75 Å². The molecule has 0 bridgehead atoms. The summed E-state index contributed by atoms with van der Waals surface area (Å²) in [5.74, 6) is 0.822. The number of nitrogens with zero attached hydrogens (tertiary/aromatic N) is 4. The Bertz CT molecular complexity index is 895. The van der Waals surface area contributed by atoms with Gasteiger partial charge in [-0.15, -0.1) is 0 Å².